The first-order chi connectivity index (χ1) is 9.22. The minimum atomic E-state index is -0.177. The van der Waals surface area contributed by atoms with Gasteiger partial charge in [0.2, 0.25) is 0 Å². The summed E-state index contributed by atoms with van der Waals surface area (Å²) in [7, 11) is 0. The van der Waals surface area contributed by atoms with Crippen molar-refractivity contribution < 1.29 is 8.91 Å². The van der Waals surface area contributed by atoms with Gasteiger partial charge in [0.15, 0.2) is 5.76 Å². The van der Waals surface area contributed by atoms with Gasteiger partial charge in [-0.15, -0.1) is 0 Å². The normalized spacial score (nSPS) is 20.0. The van der Waals surface area contributed by atoms with Gasteiger partial charge in [-0.2, -0.15) is 0 Å². The molecule has 0 N–H and O–H groups in total. The lowest BCUT2D eigenvalue weighted by atomic mass is 10.1. The molecule has 1 fully saturated rings. The van der Waals surface area contributed by atoms with Crippen molar-refractivity contribution in [2.24, 2.45) is 0 Å². The van der Waals surface area contributed by atoms with Gasteiger partial charge in [-0.1, -0.05) is 17.3 Å². The molecule has 1 aromatic heterocycles. The SMILES string of the molecule is Cc1cc([C@H]2CCCN2Cc2cccc(F)c2)on1. The third kappa shape index (κ3) is 2.68. The van der Waals surface area contributed by atoms with Crippen LogP contribution >= 0.6 is 0 Å². The average Bonchev–Trinajstić information content (AvgIpc) is 2.98. The van der Waals surface area contributed by atoms with Gasteiger partial charge in [0.05, 0.1) is 11.7 Å². The van der Waals surface area contributed by atoms with Crippen LogP contribution in [-0.2, 0) is 6.54 Å². The maximum absolute atomic E-state index is 13.2. The summed E-state index contributed by atoms with van der Waals surface area (Å²) in [5.74, 6) is 0.746. The molecule has 1 atom stereocenters. The zero-order valence-corrected chi connectivity index (χ0v) is 11.0. The van der Waals surface area contributed by atoms with E-state index in [1.165, 1.54) is 6.07 Å². The molecular weight excluding hydrogens is 243 g/mol. The number of aromatic nitrogens is 1. The zero-order valence-electron chi connectivity index (χ0n) is 11.0. The van der Waals surface area contributed by atoms with E-state index in [-0.39, 0.29) is 11.9 Å². The van der Waals surface area contributed by atoms with Crippen molar-refractivity contribution in [2.45, 2.75) is 32.4 Å². The van der Waals surface area contributed by atoms with Gasteiger partial charge in [0.1, 0.15) is 5.82 Å². The van der Waals surface area contributed by atoms with Crippen LogP contribution in [0.15, 0.2) is 34.9 Å². The van der Waals surface area contributed by atoms with Crippen LogP contribution in [0.25, 0.3) is 0 Å². The second kappa shape index (κ2) is 5.13. The molecule has 2 heterocycles. The fraction of sp³-hybridized carbons (Fsp3) is 0.400. The first-order valence-electron chi connectivity index (χ1n) is 6.64. The third-order valence-electron chi connectivity index (χ3n) is 3.61. The Labute approximate surface area is 112 Å². The number of benzene rings is 1. The highest BCUT2D eigenvalue weighted by Gasteiger charge is 2.28. The molecule has 0 radical (unpaired) electrons. The monoisotopic (exact) mass is 260 g/mol. The van der Waals surface area contributed by atoms with Crippen LogP contribution in [0, 0.1) is 12.7 Å². The van der Waals surface area contributed by atoms with E-state index < -0.39 is 0 Å². The van der Waals surface area contributed by atoms with Crippen molar-refractivity contribution in [3.8, 4) is 0 Å². The van der Waals surface area contributed by atoms with E-state index in [1.807, 2.05) is 19.1 Å². The van der Waals surface area contributed by atoms with E-state index >= 15 is 0 Å². The standard InChI is InChI=1S/C15H17FN2O/c1-11-8-15(19-17-11)14-6-3-7-18(14)10-12-4-2-5-13(16)9-12/h2,4-5,8-9,14H,3,6-7,10H2,1H3/t14-/m1/s1. The van der Waals surface area contributed by atoms with Crippen LogP contribution in [0.2, 0.25) is 0 Å². The number of rotatable bonds is 3. The van der Waals surface area contributed by atoms with Crippen LogP contribution < -0.4 is 0 Å². The van der Waals surface area contributed by atoms with Crippen LogP contribution in [0.3, 0.4) is 0 Å². The van der Waals surface area contributed by atoms with Gasteiger partial charge in [-0.25, -0.2) is 4.39 Å². The summed E-state index contributed by atoms with van der Waals surface area (Å²) in [5.41, 5.74) is 1.91. The van der Waals surface area contributed by atoms with E-state index in [0.29, 0.717) is 0 Å². The Morgan fingerprint density at radius 3 is 3.05 bits per heavy atom. The van der Waals surface area contributed by atoms with Crippen LogP contribution in [0.5, 0.6) is 0 Å². The first kappa shape index (κ1) is 12.4. The molecule has 4 heteroatoms. The molecule has 1 aliphatic heterocycles. The second-order valence-corrected chi connectivity index (χ2v) is 5.13. The quantitative estimate of drug-likeness (QED) is 0.846. The fourth-order valence-electron chi connectivity index (χ4n) is 2.75. The Morgan fingerprint density at radius 2 is 2.32 bits per heavy atom. The van der Waals surface area contributed by atoms with Crippen LogP contribution in [0.1, 0.15) is 35.9 Å². The summed E-state index contributed by atoms with van der Waals surface area (Å²) in [4.78, 5) is 2.33. The number of hydrogen-bond acceptors (Lipinski definition) is 3. The molecule has 3 rings (SSSR count). The van der Waals surface area contributed by atoms with Gasteiger partial charge in [-0.3, -0.25) is 4.90 Å². The van der Waals surface area contributed by atoms with Crippen molar-refractivity contribution >= 4 is 0 Å². The number of halogens is 1. The van der Waals surface area contributed by atoms with E-state index in [0.717, 1.165) is 42.9 Å². The van der Waals surface area contributed by atoms with Gasteiger partial charge in [0, 0.05) is 12.6 Å². The number of nitrogens with zero attached hydrogens (tertiary/aromatic N) is 2. The molecule has 0 spiro atoms. The van der Waals surface area contributed by atoms with E-state index in [2.05, 4.69) is 10.1 Å². The second-order valence-electron chi connectivity index (χ2n) is 5.13. The predicted octanol–water partition coefficient (Wildman–Crippen LogP) is 3.46. The molecule has 3 nitrogen and oxygen atoms in total. The zero-order chi connectivity index (χ0) is 13.2. The van der Waals surface area contributed by atoms with Crippen molar-refractivity contribution in [2.75, 3.05) is 6.54 Å². The average molecular weight is 260 g/mol. The first-order valence-corrected chi connectivity index (χ1v) is 6.64. The third-order valence-corrected chi connectivity index (χ3v) is 3.61. The van der Waals surface area contributed by atoms with Crippen LogP contribution in [0.4, 0.5) is 4.39 Å². The summed E-state index contributed by atoms with van der Waals surface area (Å²) < 4.78 is 18.6. The molecule has 1 saturated heterocycles. The number of hydrogen-bond donors (Lipinski definition) is 0. The van der Waals surface area contributed by atoms with E-state index in [1.54, 1.807) is 12.1 Å². The molecule has 0 aliphatic carbocycles. The van der Waals surface area contributed by atoms with Crippen molar-refractivity contribution in [1.82, 2.24) is 10.1 Å². The molecular formula is C15H17FN2O. The minimum Gasteiger partial charge on any atom is -0.359 e. The summed E-state index contributed by atoms with van der Waals surface area (Å²) in [5, 5.41) is 3.96. The Morgan fingerprint density at radius 1 is 1.42 bits per heavy atom. The molecule has 0 unspecified atom stereocenters. The molecule has 1 aliphatic rings. The molecule has 1 aromatic carbocycles. The summed E-state index contributed by atoms with van der Waals surface area (Å²) in [6.07, 6.45) is 2.21. The lowest BCUT2D eigenvalue weighted by Crippen LogP contribution is -2.22. The lowest BCUT2D eigenvalue weighted by molar-refractivity contribution is 0.206. The molecule has 100 valence electrons. The predicted molar refractivity (Wildman–Crippen MR) is 70.0 cm³/mol. The summed E-state index contributed by atoms with van der Waals surface area (Å²) in [6.45, 7) is 3.70. The van der Waals surface area contributed by atoms with Gasteiger partial charge >= 0.3 is 0 Å². The lowest BCUT2D eigenvalue weighted by Gasteiger charge is -2.22. The van der Waals surface area contributed by atoms with Crippen molar-refractivity contribution in [1.29, 1.82) is 0 Å². The van der Waals surface area contributed by atoms with Crippen LogP contribution in [-0.4, -0.2) is 16.6 Å². The maximum Gasteiger partial charge on any atom is 0.154 e. The molecule has 2 aromatic rings. The highest BCUT2D eigenvalue weighted by Crippen LogP contribution is 2.33. The fourth-order valence-corrected chi connectivity index (χ4v) is 2.75. The Balaban J connectivity index is 1.76. The highest BCUT2D eigenvalue weighted by molar-refractivity contribution is 5.17. The Bertz CT molecular complexity index is 567. The molecule has 19 heavy (non-hydrogen) atoms. The molecule has 0 amide bonds. The largest absolute Gasteiger partial charge is 0.359 e. The van der Waals surface area contributed by atoms with E-state index in [9.17, 15) is 4.39 Å². The molecule has 0 bridgehead atoms. The number of aryl methyl sites for hydroxylation is 1. The molecule has 0 saturated carbocycles. The minimum absolute atomic E-state index is 0.177. The summed E-state index contributed by atoms with van der Waals surface area (Å²) in [6, 6.07) is 9.06. The Kier molecular flexibility index (Phi) is 3.34. The topological polar surface area (TPSA) is 29.3 Å². The smallest absolute Gasteiger partial charge is 0.154 e. The summed E-state index contributed by atoms with van der Waals surface area (Å²) >= 11 is 0. The maximum atomic E-state index is 13.2. The van der Waals surface area contributed by atoms with Gasteiger partial charge in [-0.05, 0) is 44.0 Å². The van der Waals surface area contributed by atoms with Gasteiger partial charge < -0.3 is 4.52 Å². The highest BCUT2D eigenvalue weighted by atomic mass is 19.1. The Hall–Kier alpha value is -1.68. The van der Waals surface area contributed by atoms with Gasteiger partial charge in [0.25, 0.3) is 0 Å². The van der Waals surface area contributed by atoms with E-state index in [4.69, 9.17) is 4.52 Å². The van der Waals surface area contributed by atoms with Crippen molar-refractivity contribution in [3.05, 3.63) is 53.2 Å². The number of likely N-dealkylation sites (tertiary alicyclic amines) is 1. The van der Waals surface area contributed by atoms with Crippen molar-refractivity contribution in [3.63, 3.8) is 0 Å².